The van der Waals surface area contributed by atoms with Gasteiger partial charge in [-0.25, -0.2) is 0 Å². The Morgan fingerprint density at radius 1 is 0.640 bits per heavy atom. The van der Waals surface area contributed by atoms with Gasteiger partial charge in [0.1, 0.15) is 11.5 Å². The first kappa shape index (κ1) is 17.2. The lowest BCUT2D eigenvalue weighted by Gasteiger charge is -2.09. The largest absolute Gasteiger partial charge is 0.493 e. The minimum atomic E-state index is 0.696. The number of methoxy groups -OCH3 is 2. The van der Waals surface area contributed by atoms with Crippen molar-refractivity contribution in [3.05, 3.63) is 58.7 Å². The summed E-state index contributed by atoms with van der Waals surface area (Å²) in [5, 5.41) is 0. The summed E-state index contributed by atoms with van der Waals surface area (Å²) in [5.41, 5.74) is 6.93. The summed E-state index contributed by atoms with van der Waals surface area (Å²) in [6, 6.07) is 12.3. The van der Waals surface area contributed by atoms with Gasteiger partial charge in [0.15, 0.2) is 11.5 Å². The second-order valence-corrected chi connectivity index (χ2v) is 6.38. The van der Waals surface area contributed by atoms with E-state index < -0.39 is 0 Å². The van der Waals surface area contributed by atoms with Crippen molar-refractivity contribution in [2.45, 2.75) is 27.7 Å². The van der Waals surface area contributed by atoms with Gasteiger partial charge in [0.25, 0.3) is 0 Å². The van der Waals surface area contributed by atoms with Gasteiger partial charge in [-0.15, -0.1) is 0 Å². The Bertz CT molecular complexity index is 919. The third-order valence-corrected chi connectivity index (χ3v) is 4.86. The van der Waals surface area contributed by atoms with E-state index in [-0.39, 0.29) is 0 Å². The number of rotatable bonds is 4. The van der Waals surface area contributed by atoms with E-state index in [0.717, 1.165) is 33.8 Å². The fourth-order valence-electron chi connectivity index (χ4n) is 3.01. The standard InChI is InChI=1S/C22H24O3/c1-13-7-8-17(11-14(13)2)21-15(3)16(4)22(25-21)18-9-10-19(23-5)20(12-18)24-6/h7-12H,1-6H3. The monoisotopic (exact) mass is 336 g/mol. The van der Waals surface area contributed by atoms with Gasteiger partial charge in [-0.1, -0.05) is 12.1 Å². The molecule has 130 valence electrons. The molecule has 3 heteroatoms. The van der Waals surface area contributed by atoms with Crippen LogP contribution in [0.4, 0.5) is 0 Å². The van der Waals surface area contributed by atoms with Gasteiger partial charge in [0.2, 0.25) is 0 Å². The highest BCUT2D eigenvalue weighted by molar-refractivity contribution is 5.73. The predicted molar refractivity (Wildman–Crippen MR) is 102 cm³/mol. The van der Waals surface area contributed by atoms with Crippen LogP contribution in [0.2, 0.25) is 0 Å². The zero-order valence-corrected chi connectivity index (χ0v) is 15.7. The molecule has 0 unspecified atom stereocenters. The summed E-state index contributed by atoms with van der Waals surface area (Å²) in [7, 11) is 3.28. The molecule has 3 nitrogen and oxygen atoms in total. The van der Waals surface area contributed by atoms with Gasteiger partial charge >= 0.3 is 0 Å². The first-order valence-electron chi connectivity index (χ1n) is 8.36. The number of hydrogen-bond donors (Lipinski definition) is 0. The molecule has 0 saturated heterocycles. The molecular formula is C22H24O3. The van der Waals surface area contributed by atoms with Crippen molar-refractivity contribution in [1.82, 2.24) is 0 Å². The van der Waals surface area contributed by atoms with Gasteiger partial charge in [-0.2, -0.15) is 0 Å². The third-order valence-electron chi connectivity index (χ3n) is 4.86. The van der Waals surface area contributed by atoms with E-state index in [2.05, 4.69) is 45.9 Å². The molecule has 0 aliphatic heterocycles. The number of ether oxygens (including phenoxy) is 2. The molecule has 1 heterocycles. The van der Waals surface area contributed by atoms with E-state index >= 15 is 0 Å². The smallest absolute Gasteiger partial charge is 0.161 e. The van der Waals surface area contributed by atoms with Crippen LogP contribution in [0.1, 0.15) is 22.3 Å². The summed E-state index contributed by atoms with van der Waals surface area (Å²) in [5.74, 6) is 3.19. The summed E-state index contributed by atoms with van der Waals surface area (Å²) in [6.45, 7) is 8.44. The van der Waals surface area contributed by atoms with Gasteiger partial charge in [0.05, 0.1) is 14.2 Å². The van der Waals surface area contributed by atoms with Gasteiger partial charge < -0.3 is 13.9 Å². The molecule has 0 spiro atoms. The van der Waals surface area contributed by atoms with Crippen molar-refractivity contribution in [2.75, 3.05) is 14.2 Å². The van der Waals surface area contributed by atoms with E-state index in [9.17, 15) is 0 Å². The molecule has 2 aromatic carbocycles. The molecule has 0 amide bonds. The Morgan fingerprint density at radius 3 is 1.76 bits per heavy atom. The molecule has 0 aliphatic rings. The number of benzene rings is 2. The van der Waals surface area contributed by atoms with E-state index in [4.69, 9.17) is 13.9 Å². The zero-order valence-electron chi connectivity index (χ0n) is 15.7. The molecule has 3 rings (SSSR count). The minimum Gasteiger partial charge on any atom is -0.493 e. The van der Waals surface area contributed by atoms with Gasteiger partial charge in [-0.3, -0.25) is 0 Å². The highest BCUT2D eigenvalue weighted by Gasteiger charge is 2.18. The summed E-state index contributed by atoms with van der Waals surface area (Å²) in [6.07, 6.45) is 0. The fourth-order valence-corrected chi connectivity index (χ4v) is 3.01. The van der Waals surface area contributed by atoms with Gasteiger partial charge in [0, 0.05) is 11.1 Å². The van der Waals surface area contributed by atoms with Crippen LogP contribution in [-0.2, 0) is 0 Å². The number of hydrogen-bond acceptors (Lipinski definition) is 3. The Morgan fingerprint density at radius 2 is 1.20 bits per heavy atom. The highest BCUT2D eigenvalue weighted by Crippen LogP contribution is 2.39. The minimum absolute atomic E-state index is 0.696. The molecule has 3 aromatic rings. The quantitative estimate of drug-likeness (QED) is 0.597. The van der Waals surface area contributed by atoms with Crippen LogP contribution >= 0.6 is 0 Å². The summed E-state index contributed by atoms with van der Waals surface area (Å²) in [4.78, 5) is 0. The van der Waals surface area contributed by atoms with Gasteiger partial charge in [-0.05, 0) is 74.2 Å². The third kappa shape index (κ3) is 3.02. The molecule has 1 aromatic heterocycles. The van der Waals surface area contributed by atoms with Crippen LogP contribution < -0.4 is 9.47 Å². The first-order valence-corrected chi connectivity index (χ1v) is 8.36. The molecule has 25 heavy (non-hydrogen) atoms. The summed E-state index contributed by atoms with van der Waals surface area (Å²) < 4.78 is 17.0. The molecule has 0 bridgehead atoms. The molecule has 0 saturated carbocycles. The van der Waals surface area contributed by atoms with E-state index in [1.807, 2.05) is 18.2 Å². The van der Waals surface area contributed by atoms with Crippen molar-refractivity contribution >= 4 is 0 Å². The highest BCUT2D eigenvalue weighted by atomic mass is 16.5. The lowest BCUT2D eigenvalue weighted by Crippen LogP contribution is -1.90. The topological polar surface area (TPSA) is 31.6 Å². The SMILES string of the molecule is COc1ccc(-c2oc(-c3ccc(C)c(C)c3)c(C)c2C)cc1OC. The molecular weight excluding hydrogens is 312 g/mol. The molecule has 0 N–H and O–H groups in total. The van der Waals surface area contributed by atoms with Crippen molar-refractivity contribution in [3.63, 3.8) is 0 Å². The van der Waals surface area contributed by atoms with Crippen LogP contribution in [0, 0.1) is 27.7 Å². The Balaban J connectivity index is 2.12. The van der Waals surface area contributed by atoms with E-state index in [1.54, 1.807) is 14.2 Å². The lowest BCUT2D eigenvalue weighted by atomic mass is 10.0. The van der Waals surface area contributed by atoms with Crippen molar-refractivity contribution < 1.29 is 13.9 Å². The maximum atomic E-state index is 6.29. The maximum Gasteiger partial charge on any atom is 0.161 e. The predicted octanol–water partition coefficient (Wildman–Crippen LogP) is 5.86. The second-order valence-electron chi connectivity index (χ2n) is 6.38. The molecule has 0 radical (unpaired) electrons. The Kier molecular flexibility index (Phi) is 4.58. The molecule has 0 fully saturated rings. The lowest BCUT2D eigenvalue weighted by molar-refractivity contribution is 0.355. The second kappa shape index (κ2) is 6.67. The average molecular weight is 336 g/mol. The van der Waals surface area contributed by atoms with Crippen molar-refractivity contribution in [3.8, 4) is 34.1 Å². The van der Waals surface area contributed by atoms with Crippen LogP contribution in [0.5, 0.6) is 11.5 Å². The van der Waals surface area contributed by atoms with E-state index in [1.165, 1.54) is 11.1 Å². The summed E-state index contributed by atoms with van der Waals surface area (Å²) >= 11 is 0. The normalized spacial score (nSPS) is 10.8. The fraction of sp³-hybridized carbons (Fsp3) is 0.273. The number of aryl methyl sites for hydroxylation is 2. The van der Waals surface area contributed by atoms with Crippen molar-refractivity contribution in [1.29, 1.82) is 0 Å². The first-order chi connectivity index (χ1) is 12.0. The zero-order chi connectivity index (χ0) is 18.1. The number of furan rings is 1. The van der Waals surface area contributed by atoms with Crippen LogP contribution in [0.3, 0.4) is 0 Å². The molecule has 0 atom stereocenters. The van der Waals surface area contributed by atoms with Crippen molar-refractivity contribution in [2.24, 2.45) is 0 Å². The van der Waals surface area contributed by atoms with Crippen LogP contribution in [0.15, 0.2) is 40.8 Å². The molecule has 0 aliphatic carbocycles. The maximum absolute atomic E-state index is 6.29. The average Bonchev–Trinajstić information content (AvgIpc) is 2.92. The van der Waals surface area contributed by atoms with Crippen LogP contribution in [-0.4, -0.2) is 14.2 Å². The van der Waals surface area contributed by atoms with E-state index in [0.29, 0.717) is 11.5 Å². The Hall–Kier alpha value is -2.68. The van der Waals surface area contributed by atoms with Crippen LogP contribution in [0.25, 0.3) is 22.6 Å². The Labute approximate surface area is 149 Å².